The van der Waals surface area contributed by atoms with Gasteiger partial charge in [-0.1, -0.05) is 13.0 Å². The van der Waals surface area contributed by atoms with Gasteiger partial charge in [0.2, 0.25) is 5.91 Å². The number of halogens is 1. The van der Waals surface area contributed by atoms with E-state index in [0.717, 1.165) is 0 Å². The standard InChI is InChI=1S/C13H16FNO2/c1-13(7-6-11(16)15-8-13)12-9(14)4-3-5-10(12)17-2/h3-5H,6-8H2,1-2H3,(H,15,16). The number of amides is 1. The van der Waals surface area contributed by atoms with E-state index in [1.54, 1.807) is 12.1 Å². The number of carbonyl (C=O) groups is 1. The fourth-order valence-electron chi connectivity index (χ4n) is 2.33. The van der Waals surface area contributed by atoms with Crippen LogP contribution in [0, 0.1) is 5.82 Å². The maximum atomic E-state index is 14.0. The van der Waals surface area contributed by atoms with Crippen molar-refractivity contribution < 1.29 is 13.9 Å². The van der Waals surface area contributed by atoms with E-state index >= 15 is 0 Å². The summed E-state index contributed by atoms with van der Waals surface area (Å²) in [6, 6.07) is 4.81. The van der Waals surface area contributed by atoms with Crippen LogP contribution in [0.25, 0.3) is 0 Å². The molecular formula is C13H16FNO2. The number of nitrogens with one attached hydrogen (secondary N) is 1. The largest absolute Gasteiger partial charge is 0.496 e. The Hall–Kier alpha value is -1.58. The number of carbonyl (C=O) groups excluding carboxylic acids is 1. The monoisotopic (exact) mass is 237 g/mol. The lowest BCUT2D eigenvalue weighted by Crippen LogP contribution is -2.44. The molecular weight excluding hydrogens is 221 g/mol. The maximum Gasteiger partial charge on any atom is 0.220 e. The first-order valence-corrected chi connectivity index (χ1v) is 5.66. The fourth-order valence-corrected chi connectivity index (χ4v) is 2.33. The zero-order chi connectivity index (χ0) is 12.5. The van der Waals surface area contributed by atoms with Gasteiger partial charge in [-0.3, -0.25) is 4.79 Å². The van der Waals surface area contributed by atoms with Crippen LogP contribution in [0.4, 0.5) is 4.39 Å². The lowest BCUT2D eigenvalue weighted by molar-refractivity contribution is -0.123. The van der Waals surface area contributed by atoms with Gasteiger partial charge in [0.1, 0.15) is 11.6 Å². The summed E-state index contributed by atoms with van der Waals surface area (Å²) in [5, 5.41) is 2.79. The summed E-state index contributed by atoms with van der Waals surface area (Å²) in [5.74, 6) is 0.296. The Kier molecular flexibility index (Phi) is 3.05. The normalized spacial score (nSPS) is 24.3. The number of ether oxygens (including phenoxy) is 1. The molecule has 92 valence electrons. The minimum Gasteiger partial charge on any atom is -0.496 e. The predicted octanol–water partition coefficient (Wildman–Crippen LogP) is 2.00. The highest BCUT2D eigenvalue weighted by atomic mass is 19.1. The average Bonchev–Trinajstić information content (AvgIpc) is 2.32. The molecule has 1 aliphatic rings. The van der Waals surface area contributed by atoms with Gasteiger partial charge in [0, 0.05) is 23.9 Å². The highest BCUT2D eigenvalue weighted by molar-refractivity contribution is 5.77. The summed E-state index contributed by atoms with van der Waals surface area (Å²) in [5.41, 5.74) is 0.160. The van der Waals surface area contributed by atoms with Crippen LogP contribution in [-0.4, -0.2) is 19.6 Å². The SMILES string of the molecule is COc1cccc(F)c1C1(C)CCC(=O)NC1. The molecule has 0 spiro atoms. The third kappa shape index (κ3) is 2.12. The molecule has 0 bridgehead atoms. The molecule has 1 aromatic rings. The van der Waals surface area contributed by atoms with E-state index in [4.69, 9.17) is 4.74 Å². The first-order chi connectivity index (χ1) is 8.07. The summed E-state index contributed by atoms with van der Waals surface area (Å²) in [6.45, 7) is 2.40. The highest BCUT2D eigenvalue weighted by Crippen LogP contribution is 2.38. The molecule has 3 nitrogen and oxygen atoms in total. The molecule has 1 aliphatic heterocycles. The third-order valence-corrected chi connectivity index (χ3v) is 3.38. The van der Waals surface area contributed by atoms with Crippen LogP contribution >= 0.6 is 0 Å². The molecule has 1 heterocycles. The minimum atomic E-state index is -0.398. The molecule has 1 aromatic carbocycles. The Morgan fingerprint density at radius 1 is 1.47 bits per heavy atom. The first-order valence-electron chi connectivity index (χ1n) is 5.66. The van der Waals surface area contributed by atoms with Crippen molar-refractivity contribution in [2.75, 3.05) is 13.7 Å². The van der Waals surface area contributed by atoms with Gasteiger partial charge in [0.05, 0.1) is 7.11 Å². The first kappa shape index (κ1) is 11.9. The Bertz CT molecular complexity index is 435. The molecule has 4 heteroatoms. The number of benzene rings is 1. The van der Waals surface area contributed by atoms with Crippen LogP contribution in [0.1, 0.15) is 25.3 Å². The fraction of sp³-hybridized carbons (Fsp3) is 0.462. The second-order valence-corrected chi connectivity index (χ2v) is 4.65. The molecule has 17 heavy (non-hydrogen) atoms. The van der Waals surface area contributed by atoms with Crippen molar-refractivity contribution in [3.05, 3.63) is 29.6 Å². The summed E-state index contributed by atoms with van der Waals surface area (Å²) in [7, 11) is 1.53. The number of hydrogen-bond donors (Lipinski definition) is 1. The van der Waals surface area contributed by atoms with Gasteiger partial charge in [-0.15, -0.1) is 0 Å². The van der Waals surface area contributed by atoms with Crippen molar-refractivity contribution in [2.24, 2.45) is 0 Å². The van der Waals surface area contributed by atoms with Gasteiger partial charge >= 0.3 is 0 Å². The van der Waals surface area contributed by atoms with Crippen LogP contribution in [0.2, 0.25) is 0 Å². The van der Waals surface area contributed by atoms with Crippen molar-refractivity contribution in [2.45, 2.75) is 25.2 Å². The van der Waals surface area contributed by atoms with E-state index in [9.17, 15) is 9.18 Å². The van der Waals surface area contributed by atoms with Gasteiger partial charge in [0.15, 0.2) is 0 Å². The smallest absolute Gasteiger partial charge is 0.220 e. The number of piperidine rings is 1. The second kappa shape index (κ2) is 4.35. The molecule has 0 saturated carbocycles. The van der Waals surface area contributed by atoms with Crippen LogP contribution in [0.5, 0.6) is 5.75 Å². The topological polar surface area (TPSA) is 38.3 Å². The van der Waals surface area contributed by atoms with Crippen molar-refractivity contribution >= 4 is 5.91 Å². The molecule has 0 aromatic heterocycles. The molecule has 1 unspecified atom stereocenters. The zero-order valence-corrected chi connectivity index (χ0v) is 10.0. The van der Waals surface area contributed by atoms with E-state index in [1.807, 2.05) is 6.92 Å². The van der Waals surface area contributed by atoms with Gasteiger partial charge in [-0.25, -0.2) is 4.39 Å². The van der Waals surface area contributed by atoms with Gasteiger partial charge in [0.25, 0.3) is 0 Å². The van der Waals surface area contributed by atoms with Crippen molar-refractivity contribution in [3.8, 4) is 5.75 Å². The molecule has 1 amide bonds. The molecule has 1 N–H and O–H groups in total. The Labute approximate surface area is 100.0 Å². The van der Waals surface area contributed by atoms with E-state index in [1.165, 1.54) is 13.2 Å². The maximum absolute atomic E-state index is 14.0. The summed E-state index contributed by atoms with van der Waals surface area (Å²) in [6.07, 6.45) is 1.06. The van der Waals surface area contributed by atoms with E-state index in [0.29, 0.717) is 30.7 Å². The Morgan fingerprint density at radius 2 is 2.24 bits per heavy atom. The quantitative estimate of drug-likeness (QED) is 0.854. The zero-order valence-electron chi connectivity index (χ0n) is 10.0. The van der Waals surface area contributed by atoms with Crippen molar-refractivity contribution in [1.29, 1.82) is 0 Å². The van der Waals surface area contributed by atoms with Gasteiger partial charge in [-0.2, -0.15) is 0 Å². The molecule has 0 radical (unpaired) electrons. The molecule has 1 saturated heterocycles. The molecule has 0 aliphatic carbocycles. The van der Waals surface area contributed by atoms with E-state index in [-0.39, 0.29) is 11.7 Å². The summed E-state index contributed by atoms with van der Waals surface area (Å²) >= 11 is 0. The van der Waals surface area contributed by atoms with Crippen LogP contribution in [0.3, 0.4) is 0 Å². The van der Waals surface area contributed by atoms with Crippen LogP contribution in [-0.2, 0) is 10.2 Å². The van der Waals surface area contributed by atoms with Crippen molar-refractivity contribution in [3.63, 3.8) is 0 Å². The van der Waals surface area contributed by atoms with Crippen molar-refractivity contribution in [1.82, 2.24) is 5.32 Å². The summed E-state index contributed by atoms with van der Waals surface area (Å²) < 4.78 is 19.2. The van der Waals surface area contributed by atoms with Gasteiger partial charge in [-0.05, 0) is 18.6 Å². The summed E-state index contributed by atoms with van der Waals surface area (Å²) in [4.78, 5) is 11.2. The molecule has 1 atom stereocenters. The third-order valence-electron chi connectivity index (χ3n) is 3.38. The molecule has 2 rings (SSSR count). The molecule has 1 fully saturated rings. The van der Waals surface area contributed by atoms with Crippen LogP contribution < -0.4 is 10.1 Å². The highest BCUT2D eigenvalue weighted by Gasteiger charge is 2.36. The number of rotatable bonds is 2. The average molecular weight is 237 g/mol. The van der Waals surface area contributed by atoms with Crippen LogP contribution in [0.15, 0.2) is 18.2 Å². The number of methoxy groups -OCH3 is 1. The van der Waals surface area contributed by atoms with E-state index in [2.05, 4.69) is 5.32 Å². The minimum absolute atomic E-state index is 0.0257. The predicted molar refractivity (Wildman–Crippen MR) is 62.5 cm³/mol. The Balaban J connectivity index is 2.42. The number of hydrogen-bond acceptors (Lipinski definition) is 2. The Morgan fingerprint density at radius 3 is 2.82 bits per heavy atom. The second-order valence-electron chi connectivity index (χ2n) is 4.65. The lowest BCUT2D eigenvalue weighted by Gasteiger charge is -2.35. The lowest BCUT2D eigenvalue weighted by atomic mass is 9.75. The van der Waals surface area contributed by atoms with E-state index < -0.39 is 5.41 Å². The van der Waals surface area contributed by atoms with Gasteiger partial charge < -0.3 is 10.1 Å².